The van der Waals surface area contributed by atoms with Gasteiger partial charge in [0.05, 0.1) is 11.3 Å². The average molecular weight is 530 g/mol. The molecule has 1 fully saturated rings. The topological polar surface area (TPSA) is 36.8 Å². The zero-order chi connectivity index (χ0) is 28.5. The fraction of sp³-hybridized carbons (Fsp3) is 0.562. The Morgan fingerprint density at radius 3 is 2.32 bits per heavy atom. The molecule has 2 rings (SSSR count). The van der Waals surface area contributed by atoms with Crippen molar-refractivity contribution >= 4 is 17.1 Å². The molecule has 1 N–H and O–H groups in total. The number of nitrogens with one attached hydrogen (secondary N) is 1. The molecule has 0 radical (unpaired) electrons. The third-order valence-corrected chi connectivity index (χ3v) is 7.30. The number of aryl methyl sites for hydroxylation is 1. The van der Waals surface area contributed by atoms with Gasteiger partial charge in [0, 0.05) is 7.05 Å². The van der Waals surface area contributed by atoms with Crippen LogP contribution in [0.2, 0.25) is 0 Å². The minimum atomic E-state index is -4.53. The van der Waals surface area contributed by atoms with E-state index in [0.29, 0.717) is 23.7 Å². The quantitative estimate of drug-likeness (QED) is 0.193. The molecular weight excluding hydrogens is 483 g/mol. The first-order valence-electron chi connectivity index (χ1n) is 14.0. The van der Waals surface area contributed by atoms with Crippen LogP contribution in [0.5, 0.6) is 0 Å². The van der Waals surface area contributed by atoms with Crippen molar-refractivity contribution < 1.29 is 13.2 Å². The number of hydrogen-bond donors (Lipinski definition) is 1. The molecule has 1 heterocycles. The van der Waals surface area contributed by atoms with Crippen LogP contribution in [-0.4, -0.2) is 37.9 Å². The number of rotatable bonds is 9. The molecule has 0 saturated carbocycles. The number of benzene rings is 1. The Kier molecular flexibility index (Phi) is 12.2. The summed E-state index contributed by atoms with van der Waals surface area (Å²) in [5.41, 5.74) is 5.66. The number of nitrogens with zero attached hydrogens (tertiary/aromatic N) is 2. The summed E-state index contributed by atoms with van der Waals surface area (Å²) in [5.74, 6) is 0.977. The van der Waals surface area contributed by atoms with E-state index in [4.69, 9.17) is 0 Å². The minimum Gasteiger partial charge on any atom is -0.317 e. The van der Waals surface area contributed by atoms with Crippen molar-refractivity contribution in [3.05, 3.63) is 63.8 Å². The number of allylic oxidation sites excluding steroid dienone is 6. The van der Waals surface area contributed by atoms with Crippen LogP contribution >= 0.6 is 0 Å². The summed E-state index contributed by atoms with van der Waals surface area (Å²) in [7, 11) is 1.54. The molecule has 6 heteroatoms. The zero-order valence-electron chi connectivity index (χ0n) is 24.5. The Hall–Kier alpha value is -2.47. The molecule has 38 heavy (non-hydrogen) atoms. The molecule has 1 saturated heterocycles. The number of amidine groups is 1. The summed E-state index contributed by atoms with van der Waals surface area (Å²) >= 11 is 0. The van der Waals surface area contributed by atoms with Crippen molar-refractivity contribution in [2.24, 2.45) is 15.9 Å². The standard InChI is InChI=1S/C32H46F3N3/c1-9-12-27(24(10-2)20-29(32(33,34)35)30(11-3)38-23(7)36-8)31(21(4)5)28-19-26(14-13-22(28)6)25-15-17-37-18-16-25/h10,13-14,19-21,25,37H,9,11-12,15-18H2,1-8H3/b24-10+,29-20+,31-27+,36-23?,38-30?. The SMILES string of the molecule is C/C=C(\C=C(/C(CC)=NC(C)=NC)C(F)(F)F)C(/CCC)=C(/c1cc(C2CCNCC2)ccc1C)C(C)C. The molecule has 3 nitrogen and oxygen atoms in total. The van der Waals surface area contributed by atoms with Gasteiger partial charge in [0.15, 0.2) is 0 Å². The summed E-state index contributed by atoms with van der Waals surface area (Å²) in [6, 6.07) is 6.71. The number of alkyl halides is 3. The summed E-state index contributed by atoms with van der Waals surface area (Å²) in [5, 5.41) is 3.44. The maximum Gasteiger partial charge on any atom is 0.418 e. The fourth-order valence-electron chi connectivity index (χ4n) is 5.25. The highest BCUT2D eigenvalue weighted by Gasteiger charge is 2.37. The van der Waals surface area contributed by atoms with Crippen LogP contribution in [0, 0.1) is 12.8 Å². The first kappa shape index (κ1) is 31.7. The second-order valence-corrected chi connectivity index (χ2v) is 10.4. The van der Waals surface area contributed by atoms with Gasteiger partial charge in [-0.15, -0.1) is 0 Å². The molecule has 0 spiro atoms. The molecule has 0 atom stereocenters. The summed E-state index contributed by atoms with van der Waals surface area (Å²) in [6.07, 6.45) is 2.49. The lowest BCUT2D eigenvalue weighted by Crippen LogP contribution is -2.26. The molecule has 0 aliphatic carbocycles. The second kappa shape index (κ2) is 14.6. The van der Waals surface area contributed by atoms with Gasteiger partial charge in [0.2, 0.25) is 0 Å². The van der Waals surface area contributed by atoms with Gasteiger partial charge in [-0.2, -0.15) is 13.2 Å². The largest absolute Gasteiger partial charge is 0.418 e. The second-order valence-electron chi connectivity index (χ2n) is 10.4. The summed E-state index contributed by atoms with van der Waals surface area (Å²) in [6.45, 7) is 15.6. The number of aliphatic imine (C=N–C) groups is 2. The lowest BCUT2D eigenvalue weighted by Gasteiger charge is -2.26. The third-order valence-electron chi connectivity index (χ3n) is 7.30. The van der Waals surface area contributed by atoms with Gasteiger partial charge < -0.3 is 5.32 Å². The molecule has 0 amide bonds. The van der Waals surface area contributed by atoms with E-state index in [1.165, 1.54) is 18.7 Å². The smallest absolute Gasteiger partial charge is 0.317 e. The number of piperidine rings is 1. The van der Waals surface area contributed by atoms with Crippen molar-refractivity contribution in [1.82, 2.24) is 5.32 Å². The van der Waals surface area contributed by atoms with E-state index in [1.54, 1.807) is 13.8 Å². The van der Waals surface area contributed by atoms with E-state index in [9.17, 15) is 13.2 Å². The van der Waals surface area contributed by atoms with Crippen LogP contribution < -0.4 is 5.32 Å². The molecule has 1 aliphatic heterocycles. The molecule has 210 valence electrons. The molecule has 0 unspecified atom stereocenters. The van der Waals surface area contributed by atoms with E-state index in [-0.39, 0.29) is 18.1 Å². The van der Waals surface area contributed by atoms with Crippen LogP contribution in [-0.2, 0) is 0 Å². The first-order chi connectivity index (χ1) is 18.0. The highest BCUT2D eigenvalue weighted by Crippen LogP contribution is 2.39. The van der Waals surface area contributed by atoms with E-state index in [1.807, 2.05) is 13.0 Å². The van der Waals surface area contributed by atoms with Crippen LogP contribution in [0.4, 0.5) is 13.2 Å². The Labute approximate surface area is 228 Å². The van der Waals surface area contributed by atoms with Crippen molar-refractivity contribution in [3.8, 4) is 0 Å². The highest BCUT2D eigenvalue weighted by atomic mass is 19.4. The highest BCUT2D eigenvalue weighted by molar-refractivity contribution is 6.08. The Morgan fingerprint density at radius 1 is 1.16 bits per heavy atom. The van der Waals surface area contributed by atoms with Crippen molar-refractivity contribution in [2.45, 2.75) is 92.7 Å². The maximum atomic E-state index is 14.4. The lowest BCUT2D eigenvalue weighted by atomic mass is 9.80. The van der Waals surface area contributed by atoms with Crippen molar-refractivity contribution in [1.29, 1.82) is 0 Å². The van der Waals surface area contributed by atoms with Gasteiger partial charge in [-0.05, 0) is 111 Å². The van der Waals surface area contributed by atoms with E-state index in [2.05, 4.69) is 61.2 Å². The Bertz CT molecular complexity index is 1100. The van der Waals surface area contributed by atoms with E-state index < -0.39 is 11.7 Å². The van der Waals surface area contributed by atoms with Gasteiger partial charge in [-0.3, -0.25) is 4.99 Å². The van der Waals surface area contributed by atoms with Gasteiger partial charge >= 0.3 is 6.18 Å². The van der Waals surface area contributed by atoms with Crippen molar-refractivity contribution in [3.63, 3.8) is 0 Å². The number of hydrogen-bond acceptors (Lipinski definition) is 2. The average Bonchev–Trinajstić information content (AvgIpc) is 2.88. The van der Waals surface area contributed by atoms with Gasteiger partial charge in [-0.1, -0.05) is 58.4 Å². The fourth-order valence-corrected chi connectivity index (χ4v) is 5.25. The van der Waals surface area contributed by atoms with Crippen LogP contribution in [0.3, 0.4) is 0 Å². The Morgan fingerprint density at radius 2 is 1.82 bits per heavy atom. The number of halogens is 3. The van der Waals surface area contributed by atoms with E-state index in [0.717, 1.165) is 54.6 Å². The predicted molar refractivity (Wildman–Crippen MR) is 157 cm³/mol. The molecule has 0 aromatic heterocycles. The monoisotopic (exact) mass is 529 g/mol. The van der Waals surface area contributed by atoms with Crippen LogP contribution in [0.1, 0.15) is 96.3 Å². The lowest BCUT2D eigenvalue weighted by molar-refractivity contribution is -0.0862. The molecule has 1 aromatic carbocycles. The van der Waals surface area contributed by atoms with Gasteiger partial charge in [0.1, 0.15) is 5.84 Å². The summed E-state index contributed by atoms with van der Waals surface area (Å²) < 4.78 is 43.3. The predicted octanol–water partition coefficient (Wildman–Crippen LogP) is 9.01. The van der Waals surface area contributed by atoms with Crippen molar-refractivity contribution in [2.75, 3.05) is 20.1 Å². The molecule has 1 aliphatic rings. The van der Waals surface area contributed by atoms with Gasteiger partial charge in [-0.25, -0.2) is 4.99 Å². The third kappa shape index (κ3) is 8.26. The Balaban J connectivity index is 2.82. The van der Waals surface area contributed by atoms with Crippen LogP contribution in [0.25, 0.3) is 5.57 Å². The molecular formula is C32H46F3N3. The zero-order valence-corrected chi connectivity index (χ0v) is 24.5. The van der Waals surface area contributed by atoms with Gasteiger partial charge in [0.25, 0.3) is 0 Å². The first-order valence-corrected chi connectivity index (χ1v) is 14.0. The normalized spacial score (nSPS) is 17.8. The maximum absolute atomic E-state index is 14.4. The van der Waals surface area contributed by atoms with E-state index >= 15 is 0 Å². The minimum absolute atomic E-state index is 0.00554. The molecule has 0 bridgehead atoms. The summed E-state index contributed by atoms with van der Waals surface area (Å²) in [4.78, 5) is 8.18. The molecule has 1 aromatic rings. The van der Waals surface area contributed by atoms with Crippen LogP contribution in [0.15, 0.2) is 57.1 Å².